The van der Waals surface area contributed by atoms with Crippen molar-refractivity contribution in [2.24, 2.45) is 10.9 Å². The van der Waals surface area contributed by atoms with Gasteiger partial charge < -0.3 is 25.0 Å². The Morgan fingerprint density at radius 2 is 2.16 bits per heavy atom. The fourth-order valence-electron chi connectivity index (χ4n) is 2.97. The van der Waals surface area contributed by atoms with Crippen molar-refractivity contribution < 1.29 is 9.47 Å². The maximum Gasteiger partial charge on any atom is 0.191 e. The number of hydrogen-bond donors (Lipinski definition) is 2. The van der Waals surface area contributed by atoms with E-state index in [2.05, 4.69) is 46.3 Å². The predicted molar refractivity (Wildman–Crippen MR) is 104 cm³/mol. The van der Waals surface area contributed by atoms with Crippen molar-refractivity contribution in [1.29, 1.82) is 0 Å². The second-order valence-electron chi connectivity index (χ2n) is 7.18. The van der Waals surface area contributed by atoms with E-state index in [1.165, 1.54) is 0 Å². The number of nitrogens with zero attached hydrogens (tertiary/aromatic N) is 3. The van der Waals surface area contributed by atoms with Crippen molar-refractivity contribution in [3.05, 3.63) is 0 Å². The minimum absolute atomic E-state index is 0.225. The minimum atomic E-state index is 0.225. The average Bonchev–Trinajstić information content (AvgIpc) is 2.58. The van der Waals surface area contributed by atoms with Crippen molar-refractivity contribution in [2.75, 3.05) is 80.2 Å². The summed E-state index contributed by atoms with van der Waals surface area (Å²) in [5.41, 5.74) is 0. The molecule has 1 unspecified atom stereocenters. The Morgan fingerprint density at radius 1 is 1.36 bits per heavy atom. The molecule has 1 atom stereocenters. The van der Waals surface area contributed by atoms with Crippen molar-refractivity contribution in [1.82, 2.24) is 20.4 Å². The summed E-state index contributed by atoms with van der Waals surface area (Å²) in [6.07, 6.45) is 1.29. The lowest BCUT2D eigenvalue weighted by molar-refractivity contribution is -0.0284. The molecule has 7 nitrogen and oxygen atoms in total. The highest BCUT2D eigenvalue weighted by atomic mass is 16.5. The van der Waals surface area contributed by atoms with Crippen LogP contribution in [0.3, 0.4) is 0 Å². The van der Waals surface area contributed by atoms with E-state index in [1.54, 1.807) is 7.11 Å². The Hall–Kier alpha value is -0.890. The number of likely N-dealkylation sites (N-methyl/N-ethyl adjacent to an activating group) is 1. The molecule has 0 radical (unpaired) electrons. The van der Waals surface area contributed by atoms with Crippen LogP contribution in [0.5, 0.6) is 0 Å². The molecular formula is C18H39N5O2. The van der Waals surface area contributed by atoms with Gasteiger partial charge in [-0.1, -0.05) is 13.8 Å². The molecule has 0 aromatic rings. The average molecular weight is 358 g/mol. The molecule has 1 saturated heterocycles. The van der Waals surface area contributed by atoms with Gasteiger partial charge in [-0.3, -0.25) is 9.89 Å². The van der Waals surface area contributed by atoms with Gasteiger partial charge in [0.15, 0.2) is 5.96 Å². The summed E-state index contributed by atoms with van der Waals surface area (Å²) < 4.78 is 11.0. The fraction of sp³-hybridized carbons (Fsp3) is 0.944. The molecule has 1 aliphatic heterocycles. The molecule has 0 amide bonds. The second kappa shape index (κ2) is 13.3. The summed E-state index contributed by atoms with van der Waals surface area (Å²) in [6.45, 7) is 13.0. The van der Waals surface area contributed by atoms with Crippen LogP contribution in [0.4, 0.5) is 0 Å². The maximum atomic E-state index is 5.88. The normalized spacial score (nSPS) is 19.6. The summed E-state index contributed by atoms with van der Waals surface area (Å²) >= 11 is 0. The SMILES string of the molecule is CN=C(NCCN(C)CCCOC)NCC1CN(CC(C)C)CCO1. The molecule has 0 spiro atoms. The molecule has 0 aromatic heterocycles. The highest BCUT2D eigenvalue weighted by molar-refractivity contribution is 5.79. The zero-order valence-corrected chi connectivity index (χ0v) is 16.9. The van der Waals surface area contributed by atoms with Gasteiger partial charge in [0.1, 0.15) is 0 Å². The van der Waals surface area contributed by atoms with Crippen molar-refractivity contribution in [2.45, 2.75) is 26.4 Å². The maximum absolute atomic E-state index is 5.88. The van der Waals surface area contributed by atoms with Gasteiger partial charge in [0.2, 0.25) is 0 Å². The molecule has 1 rings (SSSR count). The highest BCUT2D eigenvalue weighted by Gasteiger charge is 2.20. The van der Waals surface area contributed by atoms with Crippen LogP contribution in [0.2, 0.25) is 0 Å². The van der Waals surface area contributed by atoms with Crippen LogP contribution >= 0.6 is 0 Å². The first-order valence-corrected chi connectivity index (χ1v) is 9.51. The fourth-order valence-corrected chi connectivity index (χ4v) is 2.97. The minimum Gasteiger partial charge on any atom is -0.385 e. The highest BCUT2D eigenvalue weighted by Crippen LogP contribution is 2.07. The predicted octanol–water partition coefficient (Wildman–Crippen LogP) is 0.477. The number of guanidine groups is 1. The number of rotatable bonds is 11. The van der Waals surface area contributed by atoms with E-state index >= 15 is 0 Å². The Balaban J connectivity index is 2.19. The monoisotopic (exact) mass is 357 g/mol. The summed E-state index contributed by atoms with van der Waals surface area (Å²) in [5.74, 6) is 1.54. The molecule has 2 N–H and O–H groups in total. The largest absolute Gasteiger partial charge is 0.385 e. The van der Waals surface area contributed by atoms with Gasteiger partial charge in [-0.15, -0.1) is 0 Å². The molecule has 148 valence electrons. The zero-order chi connectivity index (χ0) is 18.5. The van der Waals surface area contributed by atoms with Gasteiger partial charge in [0.25, 0.3) is 0 Å². The molecule has 7 heteroatoms. The molecule has 1 heterocycles. The number of ether oxygens (including phenoxy) is 2. The van der Waals surface area contributed by atoms with Crippen LogP contribution in [-0.4, -0.2) is 102 Å². The first-order chi connectivity index (χ1) is 12.0. The number of nitrogens with one attached hydrogen (secondary N) is 2. The van der Waals surface area contributed by atoms with Crippen LogP contribution in [0, 0.1) is 5.92 Å². The second-order valence-corrected chi connectivity index (χ2v) is 7.18. The van der Waals surface area contributed by atoms with Gasteiger partial charge in [-0.2, -0.15) is 0 Å². The van der Waals surface area contributed by atoms with E-state index in [0.717, 1.165) is 71.4 Å². The summed E-state index contributed by atoms with van der Waals surface area (Å²) in [6, 6.07) is 0. The van der Waals surface area contributed by atoms with Gasteiger partial charge in [0.05, 0.1) is 12.7 Å². The topological polar surface area (TPSA) is 61.4 Å². The lowest BCUT2D eigenvalue weighted by atomic mass is 10.2. The standard InChI is InChI=1S/C18H39N5O2/c1-16(2)14-23-10-12-25-17(15-23)13-21-18(19-3)20-7-9-22(4)8-6-11-24-5/h16-17H,6-15H2,1-5H3,(H2,19,20,21). The molecule has 1 fully saturated rings. The lowest BCUT2D eigenvalue weighted by Crippen LogP contribution is -2.50. The number of hydrogen-bond acceptors (Lipinski definition) is 5. The van der Waals surface area contributed by atoms with Crippen LogP contribution in [0.25, 0.3) is 0 Å². The third kappa shape index (κ3) is 10.6. The summed E-state index contributed by atoms with van der Waals surface area (Å²) in [7, 11) is 5.69. The zero-order valence-electron chi connectivity index (χ0n) is 16.9. The Bertz CT molecular complexity index is 365. The lowest BCUT2D eigenvalue weighted by Gasteiger charge is -2.34. The molecule has 1 aliphatic rings. The molecule has 0 bridgehead atoms. The first-order valence-electron chi connectivity index (χ1n) is 9.51. The van der Waals surface area contributed by atoms with E-state index in [1.807, 2.05) is 7.05 Å². The molecule has 0 aliphatic carbocycles. The molecular weight excluding hydrogens is 318 g/mol. The quantitative estimate of drug-likeness (QED) is 0.319. The third-order valence-electron chi connectivity index (χ3n) is 4.24. The van der Waals surface area contributed by atoms with Crippen molar-refractivity contribution in [3.8, 4) is 0 Å². The third-order valence-corrected chi connectivity index (χ3v) is 4.24. The first kappa shape index (κ1) is 22.2. The van der Waals surface area contributed by atoms with Gasteiger partial charge in [-0.25, -0.2) is 0 Å². The van der Waals surface area contributed by atoms with E-state index in [-0.39, 0.29) is 6.10 Å². The van der Waals surface area contributed by atoms with E-state index in [9.17, 15) is 0 Å². The van der Waals surface area contributed by atoms with Gasteiger partial charge >= 0.3 is 0 Å². The van der Waals surface area contributed by atoms with Crippen molar-refractivity contribution in [3.63, 3.8) is 0 Å². The smallest absolute Gasteiger partial charge is 0.191 e. The van der Waals surface area contributed by atoms with Crippen LogP contribution in [-0.2, 0) is 9.47 Å². The number of morpholine rings is 1. The Labute approximate surface area is 154 Å². The Kier molecular flexibility index (Phi) is 11.8. The number of methoxy groups -OCH3 is 1. The summed E-state index contributed by atoms with van der Waals surface area (Å²) in [4.78, 5) is 9.09. The van der Waals surface area contributed by atoms with E-state index in [4.69, 9.17) is 9.47 Å². The van der Waals surface area contributed by atoms with Crippen LogP contribution in [0.1, 0.15) is 20.3 Å². The van der Waals surface area contributed by atoms with E-state index in [0.29, 0.717) is 5.92 Å². The van der Waals surface area contributed by atoms with E-state index < -0.39 is 0 Å². The molecule has 0 aromatic carbocycles. The van der Waals surface area contributed by atoms with Gasteiger partial charge in [-0.05, 0) is 19.4 Å². The van der Waals surface area contributed by atoms with Gasteiger partial charge in [0, 0.05) is 66.6 Å². The van der Waals surface area contributed by atoms with Crippen LogP contribution in [0.15, 0.2) is 4.99 Å². The number of aliphatic imine (C=N–C) groups is 1. The van der Waals surface area contributed by atoms with Crippen molar-refractivity contribution >= 4 is 5.96 Å². The molecule has 25 heavy (non-hydrogen) atoms. The summed E-state index contributed by atoms with van der Waals surface area (Å²) in [5, 5.41) is 6.76. The Morgan fingerprint density at radius 3 is 2.84 bits per heavy atom. The molecule has 0 saturated carbocycles. The van der Waals surface area contributed by atoms with Crippen LogP contribution < -0.4 is 10.6 Å².